The molecule has 3 N–H and O–H groups in total. The Morgan fingerprint density at radius 2 is 2.00 bits per heavy atom. The summed E-state index contributed by atoms with van der Waals surface area (Å²) < 4.78 is 5.51. The first-order chi connectivity index (χ1) is 12.7. The predicted octanol–water partition coefficient (Wildman–Crippen LogP) is 2.93. The van der Waals surface area contributed by atoms with Crippen LogP contribution in [0.15, 0.2) is 48.5 Å². The second kappa shape index (κ2) is 7.85. The zero-order valence-corrected chi connectivity index (χ0v) is 14.0. The van der Waals surface area contributed by atoms with Crippen molar-refractivity contribution in [3.8, 4) is 17.6 Å². The molecule has 2 aromatic carbocycles. The van der Waals surface area contributed by atoms with Gasteiger partial charge in [-0.3, -0.25) is 20.5 Å². The molecule has 0 aliphatic rings. The first kappa shape index (κ1) is 17.0. The zero-order chi connectivity index (χ0) is 18.4. The van der Waals surface area contributed by atoms with Gasteiger partial charge in [0, 0.05) is 10.9 Å². The number of urea groups is 1. The molecule has 7 nitrogen and oxygen atoms in total. The molecule has 0 bridgehead atoms. The fourth-order valence-electron chi connectivity index (χ4n) is 2.27. The van der Waals surface area contributed by atoms with Crippen LogP contribution in [0.25, 0.3) is 10.9 Å². The molecule has 3 aromatic rings. The highest BCUT2D eigenvalue weighted by Crippen LogP contribution is 2.25. The zero-order valence-electron chi connectivity index (χ0n) is 14.0. The predicted molar refractivity (Wildman–Crippen MR) is 98.0 cm³/mol. The van der Waals surface area contributed by atoms with Gasteiger partial charge in [0.05, 0.1) is 5.52 Å². The largest absolute Gasteiger partial charge is 0.481 e. The highest BCUT2D eigenvalue weighted by molar-refractivity contribution is 6.09. The third-order valence-corrected chi connectivity index (χ3v) is 3.52. The Bertz CT molecular complexity index is 1000. The summed E-state index contributed by atoms with van der Waals surface area (Å²) >= 11 is 0. The van der Waals surface area contributed by atoms with E-state index in [1.54, 1.807) is 55.5 Å². The SMILES string of the molecule is CC#CCOc1ccc2[nH]nc(NC(=O)NC(=O)c3ccccc3)c2c1. The van der Waals surface area contributed by atoms with Gasteiger partial charge in [0.15, 0.2) is 5.82 Å². The number of rotatable bonds is 4. The van der Waals surface area contributed by atoms with Crippen LogP contribution in [0.1, 0.15) is 17.3 Å². The number of nitrogens with one attached hydrogen (secondary N) is 3. The molecule has 1 aromatic heterocycles. The Kier molecular flexibility index (Phi) is 5.15. The minimum absolute atomic E-state index is 0.273. The van der Waals surface area contributed by atoms with E-state index < -0.39 is 11.9 Å². The number of benzene rings is 2. The van der Waals surface area contributed by atoms with Crippen LogP contribution >= 0.6 is 0 Å². The molecule has 7 heteroatoms. The van der Waals surface area contributed by atoms with Crippen molar-refractivity contribution in [1.29, 1.82) is 0 Å². The number of hydrogen-bond acceptors (Lipinski definition) is 4. The van der Waals surface area contributed by atoms with E-state index in [0.29, 0.717) is 22.5 Å². The van der Waals surface area contributed by atoms with Gasteiger partial charge < -0.3 is 4.74 Å². The molecule has 0 saturated carbocycles. The molecule has 130 valence electrons. The monoisotopic (exact) mass is 348 g/mol. The first-order valence-electron chi connectivity index (χ1n) is 7.85. The van der Waals surface area contributed by atoms with Crippen molar-refractivity contribution < 1.29 is 14.3 Å². The molecule has 0 atom stereocenters. The molecule has 1 heterocycles. The number of fused-ring (bicyclic) bond motifs is 1. The van der Waals surface area contributed by atoms with E-state index in [1.807, 2.05) is 0 Å². The maximum atomic E-state index is 12.1. The maximum absolute atomic E-state index is 12.1. The smallest absolute Gasteiger partial charge is 0.327 e. The summed E-state index contributed by atoms with van der Waals surface area (Å²) in [6, 6.07) is 13.1. The molecule has 0 radical (unpaired) electrons. The number of aromatic amines is 1. The molecular formula is C19H16N4O3. The van der Waals surface area contributed by atoms with Gasteiger partial charge in [-0.25, -0.2) is 4.79 Å². The van der Waals surface area contributed by atoms with E-state index in [2.05, 4.69) is 32.7 Å². The Balaban J connectivity index is 1.71. The molecule has 3 amide bonds. The number of anilines is 1. The second-order valence-corrected chi connectivity index (χ2v) is 5.27. The topological polar surface area (TPSA) is 96.1 Å². The molecule has 0 saturated heterocycles. The van der Waals surface area contributed by atoms with Crippen LogP contribution < -0.4 is 15.4 Å². The third-order valence-electron chi connectivity index (χ3n) is 3.52. The van der Waals surface area contributed by atoms with Crippen molar-refractivity contribution in [3.63, 3.8) is 0 Å². The Hall–Kier alpha value is -3.79. The highest BCUT2D eigenvalue weighted by atomic mass is 16.5. The van der Waals surface area contributed by atoms with E-state index in [1.165, 1.54) is 0 Å². The average molecular weight is 348 g/mol. The van der Waals surface area contributed by atoms with Crippen molar-refractivity contribution in [3.05, 3.63) is 54.1 Å². The van der Waals surface area contributed by atoms with Crippen molar-refractivity contribution in [2.45, 2.75) is 6.92 Å². The summed E-state index contributed by atoms with van der Waals surface area (Å²) in [4.78, 5) is 24.1. The molecule has 0 aliphatic carbocycles. The van der Waals surface area contributed by atoms with E-state index in [0.717, 1.165) is 5.52 Å². The van der Waals surface area contributed by atoms with E-state index >= 15 is 0 Å². The summed E-state index contributed by atoms with van der Waals surface area (Å²) in [6.07, 6.45) is 0. The fourth-order valence-corrected chi connectivity index (χ4v) is 2.27. The summed E-state index contributed by atoms with van der Waals surface area (Å²) in [5.41, 5.74) is 1.12. The molecule has 26 heavy (non-hydrogen) atoms. The normalized spacial score (nSPS) is 9.88. The summed E-state index contributed by atoms with van der Waals surface area (Å²) in [7, 11) is 0. The van der Waals surface area contributed by atoms with Gasteiger partial charge in [0.2, 0.25) is 0 Å². The van der Waals surface area contributed by atoms with Crippen LogP contribution in [0, 0.1) is 11.8 Å². The number of H-pyrrole nitrogens is 1. The molecule has 0 spiro atoms. The van der Waals surface area contributed by atoms with Crippen LogP contribution in [0.5, 0.6) is 5.75 Å². The average Bonchev–Trinajstić information content (AvgIpc) is 3.05. The fraction of sp³-hybridized carbons (Fsp3) is 0.105. The summed E-state index contributed by atoms with van der Waals surface area (Å²) in [6.45, 7) is 2.01. The Morgan fingerprint density at radius 1 is 1.19 bits per heavy atom. The van der Waals surface area contributed by atoms with Crippen LogP contribution in [0.2, 0.25) is 0 Å². The van der Waals surface area contributed by atoms with Crippen LogP contribution in [0.4, 0.5) is 10.6 Å². The van der Waals surface area contributed by atoms with Crippen molar-refractivity contribution >= 4 is 28.7 Å². The van der Waals surface area contributed by atoms with Crippen molar-refractivity contribution in [2.75, 3.05) is 11.9 Å². The lowest BCUT2D eigenvalue weighted by molar-refractivity contribution is 0.0967. The molecule has 0 aliphatic heterocycles. The van der Waals surface area contributed by atoms with E-state index in [-0.39, 0.29) is 6.61 Å². The Morgan fingerprint density at radius 3 is 2.77 bits per heavy atom. The minimum atomic E-state index is -0.671. The summed E-state index contributed by atoms with van der Waals surface area (Å²) in [5.74, 6) is 5.96. The lowest BCUT2D eigenvalue weighted by atomic mass is 10.2. The first-order valence-corrected chi connectivity index (χ1v) is 7.85. The quantitative estimate of drug-likeness (QED) is 0.632. The number of carbonyl (C=O) groups is 2. The summed E-state index contributed by atoms with van der Waals surface area (Å²) in [5, 5.41) is 12.4. The Labute approximate surface area is 149 Å². The molecule has 0 fully saturated rings. The van der Waals surface area contributed by atoms with E-state index in [4.69, 9.17) is 4.74 Å². The minimum Gasteiger partial charge on any atom is -0.481 e. The van der Waals surface area contributed by atoms with Crippen LogP contribution in [-0.2, 0) is 0 Å². The third kappa shape index (κ3) is 3.99. The molecule has 3 rings (SSSR count). The van der Waals surface area contributed by atoms with Crippen molar-refractivity contribution in [2.24, 2.45) is 0 Å². The maximum Gasteiger partial charge on any atom is 0.327 e. The van der Waals surface area contributed by atoms with Gasteiger partial charge in [0.1, 0.15) is 12.4 Å². The number of amides is 3. The standard InChI is InChI=1S/C19H16N4O3/c1-2-3-11-26-14-9-10-16-15(12-14)17(23-22-16)20-19(25)21-18(24)13-7-5-4-6-8-13/h4-10,12H,11H2,1H3,(H3,20,21,22,23,24,25). The number of nitrogens with zero attached hydrogens (tertiary/aromatic N) is 1. The number of ether oxygens (including phenoxy) is 1. The van der Waals surface area contributed by atoms with Gasteiger partial charge in [-0.05, 0) is 37.3 Å². The number of aromatic nitrogens is 2. The van der Waals surface area contributed by atoms with Gasteiger partial charge in [0.25, 0.3) is 5.91 Å². The molecular weight excluding hydrogens is 332 g/mol. The number of hydrogen-bond donors (Lipinski definition) is 3. The van der Waals surface area contributed by atoms with Gasteiger partial charge in [-0.1, -0.05) is 24.1 Å². The highest BCUT2D eigenvalue weighted by Gasteiger charge is 2.13. The lowest BCUT2D eigenvalue weighted by Gasteiger charge is -2.06. The van der Waals surface area contributed by atoms with Gasteiger partial charge >= 0.3 is 6.03 Å². The molecule has 0 unspecified atom stereocenters. The van der Waals surface area contributed by atoms with Gasteiger partial charge in [-0.2, -0.15) is 5.10 Å². The second-order valence-electron chi connectivity index (χ2n) is 5.27. The van der Waals surface area contributed by atoms with Crippen molar-refractivity contribution in [1.82, 2.24) is 15.5 Å². The van der Waals surface area contributed by atoms with Gasteiger partial charge in [-0.15, -0.1) is 5.92 Å². The van der Waals surface area contributed by atoms with Crippen LogP contribution in [-0.4, -0.2) is 28.7 Å². The van der Waals surface area contributed by atoms with Crippen LogP contribution in [0.3, 0.4) is 0 Å². The number of imide groups is 1. The lowest BCUT2D eigenvalue weighted by Crippen LogP contribution is -2.34. The van der Waals surface area contributed by atoms with E-state index in [9.17, 15) is 9.59 Å². The number of carbonyl (C=O) groups excluding carboxylic acids is 2.